The minimum Gasteiger partial charge on any atom is -0.477 e. The van der Waals surface area contributed by atoms with Crippen molar-refractivity contribution in [2.45, 2.75) is 24.4 Å². The Hall–Kier alpha value is -0.690. The molecular weight excluding hydrogens is 168 g/mol. The molecule has 4 N–H and O–H groups in total. The van der Waals surface area contributed by atoms with Crippen molar-refractivity contribution in [3.05, 3.63) is 0 Å². The summed E-state index contributed by atoms with van der Waals surface area (Å²) in [5.74, 6) is -3.91. The lowest BCUT2D eigenvalue weighted by Crippen LogP contribution is -2.38. The number of carboxylic acids is 1. The Bertz CT molecular complexity index is 192. The molecule has 0 aromatic heterocycles. The Morgan fingerprint density at radius 3 is 2.50 bits per heavy atom. The third-order valence-electron chi connectivity index (χ3n) is 1.78. The number of rotatable bonds is 2. The summed E-state index contributed by atoms with van der Waals surface area (Å²) in [6.07, 6.45) is -2.59. The average molecular weight is 178 g/mol. The predicted molar refractivity (Wildman–Crippen MR) is 35.2 cm³/mol. The average Bonchev–Trinajstić information content (AvgIpc) is 2.27. The highest BCUT2D eigenvalue weighted by molar-refractivity contribution is 5.75. The Morgan fingerprint density at radius 2 is 2.25 bits per heavy atom. The van der Waals surface area contributed by atoms with Crippen LogP contribution in [0.4, 0.5) is 0 Å². The second kappa shape index (κ2) is 2.98. The highest BCUT2D eigenvalue weighted by atomic mass is 16.7. The first kappa shape index (κ1) is 9.40. The van der Waals surface area contributed by atoms with Crippen molar-refractivity contribution in [1.29, 1.82) is 0 Å². The lowest BCUT2D eigenvalue weighted by molar-refractivity contribution is -0.219. The molecule has 12 heavy (non-hydrogen) atoms. The molecule has 1 aliphatic rings. The summed E-state index contributed by atoms with van der Waals surface area (Å²) in [5, 5.41) is 35.2. The number of hydrogen-bond donors (Lipinski definition) is 4. The van der Waals surface area contributed by atoms with Gasteiger partial charge in [-0.1, -0.05) is 0 Å². The fraction of sp³-hybridized carbons (Fsp3) is 0.833. The van der Waals surface area contributed by atoms with Gasteiger partial charge in [0.05, 0.1) is 12.7 Å². The number of ether oxygens (including phenoxy) is 1. The summed E-state index contributed by atoms with van der Waals surface area (Å²) >= 11 is 0. The van der Waals surface area contributed by atoms with Crippen LogP contribution in [0.2, 0.25) is 0 Å². The lowest BCUT2D eigenvalue weighted by Gasteiger charge is -2.16. The minimum atomic E-state index is -2.35. The maximum absolute atomic E-state index is 10.4. The Kier molecular flexibility index (Phi) is 2.34. The maximum atomic E-state index is 10.4. The molecule has 0 bridgehead atoms. The number of carboxylic acid groups (broad SMARTS) is 1. The van der Waals surface area contributed by atoms with Gasteiger partial charge >= 0.3 is 5.97 Å². The van der Waals surface area contributed by atoms with Gasteiger partial charge < -0.3 is 25.2 Å². The Labute approximate surface area is 68.0 Å². The number of aliphatic hydroxyl groups is 3. The van der Waals surface area contributed by atoms with Crippen molar-refractivity contribution >= 4 is 5.97 Å². The largest absolute Gasteiger partial charge is 0.477 e. The molecule has 0 amide bonds. The zero-order valence-corrected chi connectivity index (χ0v) is 6.17. The van der Waals surface area contributed by atoms with E-state index in [1.807, 2.05) is 0 Å². The number of aliphatic carboxylic acids is 1. The van der Waals surface area contributed by atoms with Gasteiger partial charge in [0.1, 0.15) is 6.10 Å². The van der Waals surface area contributed by atoms with Crippen molar-refractivity contribution in [3.63, 3.8) is 0 Å². The number of aliphatic hydroxyl groups excluding tert-OH is 2. The molecular formula is C6H10O6. The Morgan fingerprint density at radius 1 is 1.67 bits per heavy atom. The van der Waals surface area contributed by atoms with Crippen LogP contribution in [-0.4, -0.2) is 51.0 Å². The maximum Gasteiger partial charge on any atom is 0.364 e. The summed E-state index contributed by atoms with van der Waals surface area (Å²) < 4.78 is 4.53. The standard InChI is InChI=1S/C6H10O6/c7-2-4-3(8)1-6(11,12-4)5(9)10/h3-4,7-8,11H,1-2H2,(H,9,10)/t3-,4-,6-/m1/s1. The van der Waals surface area contributed by atoms with E-state index < -0.39 is 37.0 Å². The SMILES string of the molecule is O=C(O)[C@@]1(O)C[C@@H](O)[C@@H](CO)O1. The molecule has 1 aliphatic heterocycles. The minimum absolute atomic E-state index is 0.423. The summed E-state index contributed by atoms with van der Waals surface area (Å²) in [6.45, 7) is -0.517. The highest BCUT2D eigenvalue weighted by Gasteiger charge is 2.50. The van der Waals surface area contributed by atoms with Gasteiger partial charge in [0.2, 0.25) is 0 Å². The second-order valence-electron chi connectivity index (χ2n) is 2.70. The van der Waals surface area contributed by atoms with Gasteiger partial charge in [-0.25, -0.2) is 4.79 Å². The molecule has 1 fully saturated rings. The van der Waals surface area contributed by atoms with E-state index in [0.717, 1.165) is 0 Å². The first-order valence-electron chi connectivity index (χ1n) is 3.42. The van der Waals surface area contributed by atoms with Gasteiger partial charge in [-0.15, -0.1) is 0 Å². The molecule has 0 unspecified atom stereocenters. The van der Waals surface area contributed by atoms with Crippen molar-refractivity contribution < 1.29 is 30.0 Å². The van der Waals surface area contributed by atoms with Crippen molar-refractivity contribution in [3.8, 4) is 0 Å². The number of carbonyl (C=O) groups is 1. The van der Waals surface area contributed by atoms with E-state index in [-0.39, 0.29) is 0 Å². The van der Waals surface area contributed by atoms with E-state index in [0.29, 0.717) is 0 Å². The third-order valence-corrected chi connectivity index (χ3v) is 1.78. The Balaban J connectivity index is 2.70. The zero-order chi connectivity index (χ0) is 9.35. The van der Waals surface area contributed by atoms with E-state index >= 15 is 0 Å². The quantitative estimate of drug-likeness (QED) is 0.386. The van der Waals surface area contributed by atoms with E-state index in [2.05, 4.69) is 4.74 Å². The highest BCUT2D eigenvalue weighted by Crippen LogP contribution is 2.28. The summed E-state index contributed by atoms with van der Waals surface area (Å²) in [6, 6.07) is 0. The van der Waals surface area contributed by atoms with Crippen molar-refractivity contribution in [2.75, 3.05) is 6.61 Å². The molecule has 1 saturated heterocycles. The molecule has 6 nitrogen and oxygen atoms in total. The van der Waals surface area contributed by atoms with Gasteiger partial charge in [0.15, 0.2) is 0 Å². The summed E-state index contributed by atoms with van der Waals surface area (Å²) in [4.78, 5) is 10.4. The van der Waals surface area contributed by atoms with Crippen molar-refractivity contribution in [2.24, 2.45) is 0 Å². The molecule has 1 rings (SSSR count). The lowest BCUT2D eigenvalue weighted by atomic mass is 10.1. The van der Waals surface area contributed by atoms with Gasteiger partial charge in [0.25, 0.3) is 5.79 Å². The molecule has 6 heteroatoms. The molecule has 0 aromatic rings. The van der Waals surface area contributed by atoms with Crippen LogP contribution in [-0.2, 0) is 9.53 Å². The second-order valence-corrected chi connectivity index (χ2v) is 2.70. The molecule has 70 valence electrons. The molecule has 3 atom stereocenters. The predicted octanol–water partition coefficient (Wildman–Crippen LogP) is -2.10. The fourth-order valence-corrected chi connectivity index (χ4v) is 1.09. The monoisotopic (exact) mass is 178 g/mol. The van der Waals surface area contributed by atoms with Gasteiger partial charge in [-0.2, -0.15) is 0 Å². The van der Waals surface area contributed by atoms with Crippen LogP contribution < -0.4 is 0 Å². The smallest absolute Gasteiger partial charge is 0.364 e. The molecule has 0 spiro atoms. The normalized spacial score (nSPS) is 41.6. The van der Waals surface area contributed by atoms with Crippen LogP contribution in [0.25, 0.3) is 0 Å². The molecule has 0 aromatic carbocycles. The van der Waals surface area contributed by atoms with Gasteiger partial charge in [0, 0.05) is 6.42 Å². The molecule has 1 heterocycles. The van der Waals surface area contributed by atoms with Gasteiger partial charge in [-0.3, -0.25) is 0 Å². The first-order chi connectivity index (χ1) is 5.49. The summed E-state index contributed by atoms with van der Waals surface area (Å²) in [7, 11) is 0. The number of hydrogen-bond acceptors (Lipinski definition) is 5. The fourth-order valence-electron chi connectivity index (χ4n) is 1.09. The molecule has 0 aliphatic carbocycles. The zero-order valence-electron chi connectivity index (χ0n) is 6.17. The van der Waals surface area contributed by atoms with Crippen LogP contribution in [0.5, 0.6) is 0 Å². The van der Waals surface area contributed by atoms with Crippen LogP contribution in [0.3, 0.4) is 0 Å². The van der Waals surface area contributed by atoms with Crippen molar-refractivity contribution in [1.82, 2.24) is 0 Å². The van der Waals surface area contributed by atoms with E-state index in [1.165, 1.54) is 0 Å². The van der Waals surface area contributed by atoms with Crippen LogP contribution in [0, 0.1) is 0 Å². The van der Waals surface area contributed by atoms with Crippen LogP contribution in [0.15, 0.2) is 0 Å². The van der Waals surface area contributed by atoms with E-state index in [4.69, 9.17) is 20.4 Å². The van der Waals surface area contributed by atoms with Crippen LogP contribution >= 0.6 is 0 Å². The van der Waals surface area contributed by atoms with Crippen LogP contribution in [0.1, 0.15) is 6.42 Å². The third kappa shape index (κ3) is 1.42. The van der Waals surface area contributed by atoms with E-state index in [1.54, 1.807) is 0 Å². The molecule has 0 saturated carbocycles. The van der Waals surface area contributed by atoms with E-state index in [9.17, 15) is 4.79 Å². The summed E-state index contributed by atoms with van der Waals surface area (Å²) in [5.41, 5.74) is 0. The first-order valence-corrected chi connectivity index (χ1v) is 3.42. The topological polar surface area (TPSA) is 107 Å². The molecule has 0 radical (unpaired) electrons. The van der Waals surface area contributed by atoms with Gasteiger partial charge in [-0.05, 0) is 0 Å².